The lowest BCUT2D eigenvalue weighted by molar-refractivity contribution is 0.0941. The molecule has 1 aromatic rings. The van der Waals surface area contributed by atoms with Crippen LogP contribution in [0.5, 0.6) is 0 Å². The van der Waals surface area contributed by atoms with Crippen LogP contribution in [0.1, 0.15) is 41.7 Å². The van der Waals surface area contributed by atoms with Crippen molar-refractivity contribution in [1.29, 1.82) is 0 Å². The Balaban J connectivity index is 1.90. The van der Waals surface area contributed by atoms with E-state index in [0.29, 0.717) is 11.6 Å². The maximum absolute atomic E-state index is 11.8. The fraction of sp³-hybridized carbons (Fsp3) is 0.667. The van der Waals surface area contributed by atoms with Gasteiger partial charge in [-0.05, 0) is 25.7 Å². The van der Waals surface area contributed by atoms with Gasteiger partial charge in [-0.1, -0.05) is 12.8 Å². The molecule has 0 aromatic carbocycles. The number of rotatable bonds is 3. The minimum Gasteiger partial charge on any atom is -0.350 e. The number of carbonyl (C=O) groups excluding carboxylic acids is 1. The molecular weight excluding hydrogens is 202 g/mol. The predicted molar refractivity (Wildman–Crippen MR) is 62.2 cm³/mol. The van der Waals surface area contributed by atoms with Gasteiger partial charge in [-0.2, -0.15) is 5.10 Å². The van der Waals surface area contributed by atoms with Crippen LogP contribution in [0, 0.1) is 12.8 Å². The molecule has 0 saturated heterocycles. The molecule has 1 aliphatic rings. The fourth-order valence-corrected chi connectivity index (χ4v) is 2.37. The quantitative estimate of drug-likeness (QED) is 0.843. The Hall–Kier alpha value is -1.32. The summed E-state index contributed by atoms with van der Waals surface area (Å²) in [7, 11) is 1.83. The van der Waals surface area contributed by atoms with Gasteiger partial charge in [0.2, 0.25) is 0 Å². The largest absolute Gasteiger partial charge is 0.350 e. The standard InChI is InChI=1S/C12H19N3O/c1-9-8-15(2)14-11(9)12(16)13-7-10-5-3-4-6-10/h8,10H,3-7H2,1-2H3,(H,13,16). The minimum atomic E-state index is -0.0370. The van der Waals surface area contributed by atoms with Crippen LogP contribution in [0.15, 0.2) is 6.20 Å². The molecule has 88 valence electrons. The molecule has 1 fully saturated rings. The van der Waals surface area contributed by atoms with Crippen LogP contribution < -0.4 is 5.32 Å². The van der Waals surface area contributed by atoms with Crippen molar-refractivity contribution in [2.75, 3.05) is 6.54 Å². The van der Waals surface area contributed by atoms with Crippen molar-refractivity contribution < 1.29 is 4.79 Å². The average Bonchev–Trinajstić information content (AvgIpc) is 2.84. The second-order valence-electron chi connectivity index (χ2n) is 4.69. The van der Waals surface area contributed by atoms with E-state index in [0.717, 1.165) is 12.1 Å². The van der Waals surface area contributed by atoms with Crippen molar-refractivity contribution in [2.24, 2.45) is 13.0 Å². The van der Waals surface area contributed by atoms with Crippen molar-refractivity contribution in [3.8, 4) is 0 Å². The molecule has 1 heterocycles. The molecule has 4 nitrogen and oxygen atoms in total. The van der Waals surface area contributed by atoms with Gasteiger partial charge in [0.1, 0.15) is 0 Å². The molecule has 0 bridgehead atoms. The first-order valence-electron chi connectivity index (χ1n) is 5.95. The van der Waals surface area contributed by atoms with Crippen LogP contribution in [0.4, 0.5) is 0 Å². The third-order valence-corrected chi connectivity index (χ3v) is 3.25. The molecule has 0 atom stereocenters. The van der Waals surface area contributed by atoms with Gasteiger partial charge in [-0.25, -0.2) is 0 Å². The predicted octanol–water partition coefficient (Wildman–Crippen LogP) is 1.65. The summed E-state index contributed by atoms with van der Waals surface area (Å²) < 4.78 is 1.68. The van der Waals surface area contributed by atoms with Gasteiger partial charge in [0.15, 0.2) is 5.69 Å². The van der Waals surface area contributed by atoms with E-state index in [1.165, 1.54) is 25.7 Å². The van der Waals surface area contributed by atoms with E-state index < -0.39 is 0 Å². The Bertz CT molecular complexity index is 378. The molecule has 16 heavy (non-hydrogen) atoms. The van der Waals surface area contributed by atoms with Gasteiger partial charge in [0, 0.05) is 25.4 Å². The summed E-state index contributed by atoms with van der Waals surface area (Å²) in [5, 5.41) is 7.14. The number of hydrogen-bond acceptors (Lipinski definition) is 2. The first-order chi connectivity index (χ1) is 7.66. The second kappa shape index (κ2) is 4.68. The van der Waals surface area contributed by atoms with Crippen LogP contribution >= 0.6 is 0 Å². The van der Waals surface area contributed by atoms with Crippen molar-refractivity contribution in [2.45, 2.75) is 32.6 Å². The van der Waals surface area contributed by atoms with Gasteiger partial charge in [-0.3, -0.25) is 9.48 Å². The second-order valence-corrected chi connectivity index (χ2v) is 4.69. The summed E-state index contributed by atoms with van der Waals surface area (Å²) >= 11 is 0. The number of amides is 1. The highest BCUT2D eigenvalue weighted by atomic mass is 16.1. The van der Waals surface area contributed by atoms with E-state index in [-0.39, 0.29) is 5.91 Å². The van der Waals surface area contributed by atoms with Gasteiger partial charge in [-0.15, -0.1) is 0 Å². The van der Waals surface area contributed by atoms with E-state index in [1.54, 1.807) is 4.68 Å². The van der Waals surface area contributed by atoms with E-state index >= 15 is 0 Å². The van der Waals surface area contributed by atoms with Crippen LogP contribution in [0.2, 0.25) is 0 Å². The monoisotopic (exact) mass is 221 g/mol. The SMILES string of the molecule is Cc1cn(C)nc1C(=O)NCC1CCCC1. The Morgan fingerprint density at radius 2 is 2.25 bits per heavy atom. The van der Waals surface area contributed by atoms with Crippen LogP contribution in [0.3, 0.4) is 0 Å². The van der Waals surface area contributed by atoms with E-state index in [4.69, 9.17) is 0 Å². The number of aromatic nitrogens is 2. The highest BCUT2D eigenvalue weighted by Gasteiger charge is 2.18. The number of hydrogen-bond donors (Lipinski definition) is 1. The van der Waals surface area contributed by atoms with Crippen LogP contribution in [0.25, 0.3) is 0 Å². The molecule has 2 rings (SSSR count). The molecule has 4 heteroatoms. The topological polar surface area (TPSA) is 46.9 Å². The molecule has 1 saturated carbocycles. The lowest BCUT2D eigenvalue weighted by atomic mass is 10.1. The van der Waals surface area contributed by atoms with Crippen molar-refractivity contribution >= 4 is 5.91 Å². The normalized spacial score (nSPS) is 16.6. The lowest BCUT2D eigenvalue weighted by Gasteiger charge is -2.09. The summed E-state index contributed by atoms with van der Waals surface area (Å²) in [4.78, 5) is 11.8. The number of carbonyl (C=O) groups is 1. The Labute approximate surface area is 96.0 Å². The van der Waals surface area contributed by atoms with E-state index in [9.17, 15) is 4.79 Å². The zero-order chi connectivity index (χ0) is 11.5. The smallest absolute Gasteiger partial charge is 0.272 e. The summed E-state index contributed by atoms with van der Waals surface area (Å²) in [6, 6.07) is 0. The molecule has 1 amide bonds. The first-order valence-corrected chi connectivity index (χ1v) is 5.95. The molecular formula is C12H19N3O. The Morgan fingerprint density at radius 3 is 2.81 bits per heavy atom. The molecule has 1 aromatic heterocycles. The van der Waals surface area contributed by atoms with Gasteiger partial charge < -0.3 is 5.32 Å². The lowest BCUT2D eigenvalue weighted by Crippen LogP contribution is -2.29. The fourth-order valence-electron chi connectivity index (χ4n) is 2.37. The molecule has 0 radical (unpaired) electrons. The highest BCUT2D eigenvalue weighted by Crippen LogP contribution is 2.23. The van der Waals surface area contributed by atoms with Crippen molar-refractivity contribution in [1.82, 2.24) is 15.1 Å². The summed E-state index contributed by atoms with van der Waals surface area (Å²) in [5.74, 6) is 0.637. The number of aryl methyl sites for hydroxylation is 2. The molecule has 0 unspecified atom stereocenters. The zero-order valence-electron chi connectivity index (χ0n) is 9.99. The zero-order valence-corrected chi connectivity index (χ0v) is 9.99. The number of nitrogens with zero attached hydrogens (tertiary/aromatic N) is 2. The molecule has 1 aliphatic carbocycles. The maximum Gasteiger partial charge on any atom is 0.272 e. The molecule has 1 N–H and O–H groups in total. The Morgan fingerprint density at radius 1 is 1.56 bits per heavy atom. The third kappa shape index (κ3) is 2.43. The number of nitrogens with one attached hydrogen (secondary N) is 1. The minimum absolute atomic E-state index is 0.0370. The summed E-state index contributed by atoms with van der Waals surface area (Å²) in [6.07, 6.45) is 6.99. The van der Waals surface area contributed by atoms with Crippen molar-refractivity contribution in [3.63, 3.8) is 0 Å². The van der Waals surface area contributed by atoms with Gasteiger partial charge in [0.05, 0.1) is 0 Å². The average molecular weight is 221 g/mol. The van der Waals surface area contributed by atoms with Crippen LogP contribution in [-0.4, -0.2) is 22.2 Å². The van der Waals surface area contributed by atoms with E-state index in [1.807, 2.05) is 20.2 Å². The third-order valence-electron chi connectivity index (χ3n) is 3.25. The van der Waals surface area contributed by atoms with E-state index in [2.05, 4.69) is 10.4 Å². The molecule has 0 spiro atoms. The van der Waals surface area contributed by atoms with Crippen molar-refractivity contribution in [3.05, 3.63) is 17.5 Å². The Kier molecular flexibility index (Phi) is 3.27. The highest BCUT2D eigenvalue weighted by molar-refractivity contribution is 5.93. The van der Waals surface area contributed by atoms with Gasteiger partial charge in [0.25, 0.3) is 5.91 Å². The van der Waals surface area contributed by atoms with Gasteiger partial charge >= 0.3 is 0 Å². The summed E-state index contributed by atoms with van der Waals surface area (Å²) in [5.41, 5.74) is 1.49. The molecule has 0 aliphatic heterocycles. The maximum atomic E-state index is 11.8. The first kappa shape index (κ1) is 11.2. The summed E-state index contributed by atoms with van der Waals surface area (Å²) in [6.45, 7) is 2.71. The van der Waals surface area contributed by atoms with Crippen LogP contribution in [-0.2, 0) is 7.05 Å².